The fourth-order valence-electron chi connectivity index (χ4n) is 4.07. The van der Waals surface area contributed by atoms with Gasteiger partial charge in [0.25, 0.3) is 0 Å². The van der Waals surface area contributed by atoms with E-state index in [-0.39, 0.29) is 5.95 Å². The first-order valence-electron chi connectivity index (χ1n) is 11.7. The molecule has 3 heterocycles. The lowest BCUT2D eigenvalue weighted by Crippen LogP contribution is -2.14. The van der Waals surface area contributed by atoms with Gasteiger partial charge < -0.3 is 19.3 Å². The molecule has 11 heteroatoms. The Hall–Kier alpha value is -5.06. The third-order valence-corrected chi connectivity index (χ3v) is 5.96. The molecule has 0 spiro atoms. The predicted octanol–water partition coefficient (Wildman–Crippen LogP) is 4.57. The van der Waals surface area contributed by atoms with E-state index in [1.165, 1.54) is 0 Å². The van der Waals surface area contributed by atoms with Crippen LogP contribution in [0.25, 0.3) is 22.3 Å². The van der Waals surface area contributed by atoms with Gasteiger partial charge in [-0.3, -0.25) is 14.6 Å². The van der Waals surface area contributed by atoms with Crippen molar-refractivity contribution in [3.05, 3.63) is 78.2 Å². The number of hydrogen-bond acceptors (Lipinski definition) is 7. The second kappa shape index (κ2) is 10.5. The number of rotatable bonds is 9. The van der Waals surface area contributed by atoms with Crippen molar-refractivity contribution in [3.63, 3.8) is 0 Å². The lowest BCUT2D eigenvalue weighted by molar-refractivity contribution is 0.209. The fraction of sp³-hybridized carbons (Fsp3) is 0.185. The molecule has 0 atom stereocenters. The van der Waals surface area contributed by atoms with Crippen LogP contribution in [0.3, 0.4) is 0 Å². The van der Waals surface area contributed by atoms with Gasteiger partial charge in [0.2, 0.25) is 5.95 Å². The lowest BCUT2D eigenvalue weighted by Gasteiger charge is -2.14. The number of carbonyl (C=O) groups is 1. The Labute approximate surface area is 218 Å². The summed E-state index contributed by atoms with van der Waals surface area (Å²) in [6, 6.07) is 15.1. The first-order chi connectivity index (χ1) is 18.4. The van der Waals surface area contributed by atoms with Gasteiger partial charge in [0, 0.05) is 30.6 Å². The van der Waals surface area contributed by atoms with Crippen LogP contribution in [0.1, 0.15) is 11.1 Å². The maximum Gasteiger partial charge on any atom is 0.411 e. The van der Waals surface area contributed by atoms with Crippen molar-refractivity contribution in [3.8, 4) is 28.4 Å². The number of nitrogens with zero attached hydrogens (tertiary/aromatic N) is 5. The molecule has 0 aliphatic heterocycles. The van der Waals surface area contributed by atoms with E-state index in [0.29, 0.717) is 35.8 Å². The molecule has 11 nitrogen and oxygen atoms in total. The number of fused-ring (bicyclic) bond motifs is 1. The Balaban J connectivity index is 1.41. The fourth-order valence-corrected chi connectivity index (χ4v) is 4.07. The van der Waals surface area contributed by atoms with E-state index in [9.17, 15) is 9.90 Å². The number of anilines is 1. The molecule has 2 N–H and O–H groups in total. The zero-order chi connectivity index (χ0) is 26.6. The molecule has 0 aliphatic carbocycles. The number of benzene rings is 2. The topological polar surface area (TPSA) is 126 Å². The van der Waals surface area contributed by atoms with Crippen molar-refractivity contribution >= 4 is 23.2 Å². The molecule has 0 aliphatic rings. The predicted molar refractivity (Wildman–Crippen MR) is 141 cm³/mol. The summed E-state index contributed by atoms with van der Waals surface area (Å²) >= 11 is 0. The maximum atomic E-state index is 11.5. The summed E-state index contributed by atoms with van der Waals surface area (Å²) in [5.74, 6) is 2.09. The quantitative estimate of drug-likeness (QED) is 0.293. The minimum Gasteiger partial charge on any atom is -0.497 e. The van der Waals surface area contributed by atoms with Crippen LogP contribution in [0, 0.1) is 0 Å². The molecule has 2 aromatic carbocycles. The largest absolute Gasteiger partial charge is 0.497 e. The van der Waals surface area contributed by atoms with Gasteiger partial charge in [0.05, 0.1) is 27.0 Å². The van der Waals surface area contributed by atoms with E-state index >= 15 is 0 Å². The number of nitrogens with one attached hydrogen (secondary N) is 1. The number of amides is 1. The molecular weight excluding hydrogens is 488 g/mol. The molecule has 5 aromatic rings. The Morgan fingerprint density at radius 2 is 1.76 bits per heavy atom. The molecule has 0 fully saturated rings. The van der Waals surface area contributed by atoms with Crippen molar-refractivity contribution in [1.82, 2.24) is 24.3 Å². The van der Waals surface area contributed by atoms with E-state index in [1.54, 1.807) is 35.9 Å². The van der Waals surface area contributed by atoms with Crippen LogP contribution < -0.4 is 19.5 Å². The average Bonchev–Trinajstić information content (AvgIpc) is 3.50. The molecule has 0 saturated carbocycles. The van der Waals surface area contributed by atoms with Crippen LogP contribution >= 0.6 is 0 Å². The van der Waals surface area contributed by atoms with Crippen LogP contribution in [-0.4, -0.2) is 49.7 Å². The molecule has 0 unspecified atom stereocenters. The van der Waals surface area contributed by atoms with Gasteiger partial charge in [-0.2, -0.15) is 5.10 Å². The summed E-state index contributed by atoms with van der Waals surface area (Å²) in [6.45, 7) is 0.669. The van der Waals surface area contributed by atoms with E-state index in [2.05, 4.69) is 20.4 Å². The highest BCUT2D eigenvalue weighted by Crippen LogP contribution is 2.31. The van der Waals surface area contributed by atoms with Crippen molar-refractivity contribution in [1.29, 1.82) is 0 Å². The molecule has 5 rings (SSSR count). The molecule has 1 amide bonds. The van der Waals surface area contributed by atoms with Crippen molar-refractivity contribution < 1.29 is 24.1 Å². The summed E-state index contributed by atoms with van der Waals surface area (Å²) in [5, 5.41) is 16.0. The van der Waals surface area contributed by atoms with Crippen LogP contribution in [0.5, 0.6) is 17.2 Å². The Kier molecular flexibility index (Phi) is 6.81. The highest BCUT2D eigenvalue weighted by Gasteiger charge is 2.17. The Morgan fingerprint density at radius 3 is 2.45 bits per heavy atom. The number of pyridine rings is 1. The number of aromatic nitrogens is 5. The molecule has 0 saturated heterocycles. The van der Waals surface area contributed by atoms with Gasteiger partial charge in [-0.25, -0.2) is 14.8 Å². The third kappa shape index (κ3) is 5.21. The SMILES string of the molecule is COc1ccc(COc2ccc(Cn3c(NC(=O)O)nc4cc(-c5cnn(C)c5)cnc43)cc2OC)cc1. The minimum absolute atomic E-state index is 0.169. The summed E-state index contributed by atoms with van der Waals surface area (Å²) in [5.41, 5.74) is 4.66. The highest BCUT2D eigenvalue weighted by atomic mass is 16.5. The van der Waals surface area contributed by atoms with Crippen LogP contribution in [0.2, 0.25) is 0 Å². The summed E-state index contributed by atoms with van der Waals surface area (Å²) in [4.78, 5) is 20.6. The van der Waals surface area contributed by atoms with Crippen molar-refractivity contribution in [2.45, 2.75) is 13.2 Å². The van der Waals surface area contributed by atoms with E-state index in [1.807, 2.05) is 61.8 Å². The molecule has 0 radical (unpaired) electrons. The van der Waals surface area contributed by atoms with Crippen molar-refractivity contribution in [2.75, 3.05) is 19.5 Å². The molecule has 194 valence electrons. The summed E-state index contributed by atoms with van der Waals surface area (Å²) in [6.07, 6.45) is 4.12. The number of methoxy groups -OCH3 is 2. The second-order valence-corrected chi connectivity index (χ2v) is 8.54. The monoisotopic (exact) mass is 514 g/mol. The Bertz CT molecular complexity index is 1590. The van der Waals surface area contributed by atoms with Crippen LogP contribution in [0.4, 0.5) is 10.7 Å². The first-order valence-corrected chi connectivity index (χ1v) is 11.7. The molecule has 38 heavy (non-hydrogen) atoms. The zero-order valence-electron chi connectivity index (χ0n) is 21.1. The highest BCUT2D eigenvalue weighted by molar-refractivity contribution is 5.86. The van der Waals surface area contributed by atoms with E-state index in [0.717, 1.165) is 28.0 Å². The number of hydrogen-bond donors (Lipinski definition) is 2. The van der Waals surface area contributed by atoms with Gasteiger partial charge >= 0.3 is 6.09 Å². The third-order valence-electron chi connectivity index (χ3n) is 5.96. The molecule has 0 bridgehead atoms. The lowest BCUT2D eigenvalue weighted by atomic mass is 10.1. The Morgan fingerprint density at radius 1 is 0.974 bits per heavy atom. The molecular formula is C27H26N6O5. The smallest absolute Gasteiger partial charge is 0.411 e. The number of aryl methyl sites for hydroxylation is 1. The van der Waals surface area contributed by atoms with Crippen LogP contribution in [-0.2, 0) is 20.2 Å². The number of carboxylic acid groups (broad SMARTS) is 1. The zero-order valence-corrected chi connectivity index (χ0v) is 21.1. The van der Waals surface area contributed by atoms with Gasteiger partial charge in [-0.1, -0.05) is 18.2 Å². The van der Waals surface area contributed by atoms with Gasteiger partial charge in [-0.05, 0) is 41.5 Å². The standard InChI is InChI=1S/C27H26N6O5/c1-32-15-20(13-29-32)19-11-22-25(28-12-19)33(26(30-22)31-27(34)35)14-18-6-9-23(24(10-18)37-3)38-16-17-4-7-21(36-2)8-5-17/h4-13,15H,14,16H2,1-3H3,(H,30,31)(H,34,35). The normalized spacial score (nSPS) is 10.9. The number of ether oxygens (including phenoxy) is 3. The number of imidazole rings is 1. The molecule has 3 aromatic heterocycles. The first kappa shape index (κ1) is 24.6. The minimum atomic E-state index is -1.21. The van der Waals surface area contributed by atoms with Gasteiger partial charge in [-0.15, -0.1) is 0 Å². The summed E-state index contributed by atoms with van der Waals surface area (Å²) in [7, 11) is 5.04. The van der Waals surface area contributed by atoms with Gasteiger partial charge in [0.15, 0.2) is 17.1 Å². The van der Waals surface area contributed by atoms with E-state index in [4.69, 9.17) is 14.2 Å². The van der Waals surface area contributed by atoms with Crippen molar-refractivity contribution in [2.24, 2.45) is 7.05 Å². The van der Waals surface area contributed by atoms with Gasteiger partial charge in [0.1, 0.15) is 17.9 Å². The average molecular weight is 515 g/mol. The summed E-state index contributed by atoms with van der Waals surface area (Å²) < 4.78 is 20.2. The van der Waals surface area contributed by atoms with E-state index < -0.39 is 6.09 Å². The second-order valence-electron chi connectivity index (χ2n) is 8.54. The maximum absolute atomic E-state index is 11.5. The van der Waals surface area contributed by atoms with Crippen LogP contribution in [0.15, 0.2) is 67.1 Å².